The van der Waals surface area contributed by atoms with E-state index in [0.717, 1.165) is 49.8 Å². The Morgan fingerprint density at radius 3 is 2.57 bits per heavy atom. The minimum Gasteiger partial charge on any atom is -0.357 e. The monoisotopic (exact) mass is 355 g/mol. The van der Waals surface area contributed by atoms with E-state index in [2.05, 4.69) is 32.3 Å². The first kappa shape index (κ1) is 18.0. The van der Waals surface area contributed by atoms with E-state index in [1.807, 2.05) is 6.20 Å². The number of nitrogens with one attached hydrogen (secondary N) is 2. The molecule has 5 nitrogen and oxygen atoms in total. The maximum absolute atomic E-state index is 4.71. The van der Waals surface area contributed by atoms with E-state index >= 15 is 0 Å². The molecule has 0 bridgehead atoms. The summed E-state index contributed by atoms with van der Waals surface area (Å²) >= 11 is 0. The number of hydrogen-bond donors (Lipinski definition) is 2. The van der Waals surface area contributed by atoms with Gasteiger partial charge in [0.15, 0.2) is 0 Å². The molecule has 0 spiro atoms. The number of aromatic nitrogens is 3. The average molecular weight is 356 g/mol. The molecule has 2 aliphatic rings. The van der Waals surface area contributed by atoms with Crippen LogP contribution in [0, 0.1) is 0 Å². The summed E-state index contributed by atoms with van der Waals surface area (Å²) in [4.78, 5) is 15.2. The maximum atomic E-state index is 4.71. The third-order valence-corrected chi connectivity index (χ3v) is 4.41. The van der Waals surface area contributed by atoms with Crippen LogP contribution in [0.3, 0.4) is 0 Å². The van der Waals surface area contributed by atoms with Crippen molar-refractivity contribution in [1.29, 1.82) is 0 Å². The van der Waals surface area contributed by atoms with Gasteiger partial charge in [-0.3, -0.25) is 0 Å². The van der Waals surface area contributed by atoms with Crippen LogP contribution in [0.4, 0.5) is 5.82 Å². The smallest absolute Gasteiger partial charge is 0.139 e. The van der Waals surface area contributed by atoms with Gasteiger partial charge in [-0.05, 0) is 31.4 Å². The molecular weight excluding hydrogens is 333 g/mol. The number of anilines is 1. The van der Waals surface area contributed by atoms with Crippen LogP contribution in [-0.4, -0.2) is 34.6 Å². The molecule has 1 fully saturated rings. The van der Waals surface area contributed by atoms with Crippen molar-refractivity contribution in [1.82, 2.24) is 20.3 Å². The fourth-order valence-corrected chi connectivity index (χ4v) is 3.19. The summed E-state index contributed by atoms with van der Waals surface area (Å²) < 4.78 is 0. The van der Waals surface area contributed by atoms with Gasteiger partial charge >= 0.3 is 0 Å². The lowest BCUT2D eigenvalue weighted by molar-refractivity contribution is 0.573. The van der Waals surface area contributed by atoms with Gasteiger partial charge in [0.2, 0.25) is 0 Å². The number of pyridine rings is 1. The summed E-state index contributed by atoms with van der Waals surface area (Å²) in [6.45, 7) is 4.17. The molecule has 4 heterocycles. The molecule has 7 heteroatoms. The fraction of sp³-hybridized carbons (Fsp3) is 0.500. The number of aromatic amines is 1. The maximum Gasteiger partial charge on any atom is 0.139 e. The first-order valence-electron chi connectivity index (χ1n) is 7.90. The van der Waals surface area contributed by atoms with Crippen molar-refractivity contribution in [3.8, 4) is 11.4 Å². The molecule has 2 aliphatic heterocycles. The lowest BCUT2D eigenvalue weighted by Gasteiger charge is -2.27. The first-order chi connectivity index (χ1) is 10.4. The van der Waals surface area contributed by atoms with Crippen molar-refractivity contribution in [3.05, 3.63) is 29.7 Å². The van der Waals surface area contributed by atoms with Gasteiger partial charge in [-0.25, -0.2) is 9.97 Å². The quantitative estimate of drug-likeness (QED) is 0.869. The summed E-state index contributed by atoms with van der Waals surface area (Å²) in [5.41, 5.74) is 3.49. The van der Waals surface area contributed by atoms with Gasteiger partial charge in [-0.1, -0.05) is 0 Å². The Kier molecular flexibility index (Phi) is 6.27. The van der Waals surface area contributed by atoms with Crippen molar-refractivity contribution < 1.29 is 0 Å². The minimum absolute atomic E-state index is 0. The molecule has 0 unspecified atom stereocenters. The van der Waals surface area contributed by atoms with Gasteiger partial charge in [0.25, 0.3) is 0 Å². The van der Waals surface area contributed by atoms with E-state index in [4.69, 9.17) is 4.98 Å². The summed E-state index contributed by atoms with van der Waals surface area (Å²) in [7, 11) is 0. The first-order valence-corrected chi connectivity index (χ1v) is 7.90. The predicted molar refractivity (Wildman–Crippen MR) is 97.8 cm³/mol. The second kappa shape index (κ2) is 7.99. The van der Waals surface area contributed by atoms with Crippen molar-refractivity contribution >= 4 is 30.6 Å². The van der Waals surface area contributed by atoms with Crippen LogP contribution in [0.1, 0.15) is 30.7 Å². The number of nitrogens with zero attached hydrogens (tertiary/aromatic N) is 3. The predicted octanol–water partition coefficient (Wildman–Crippen LogP) is 2.95. The second-order valence-electron chi connectivity index (χ2n) is 5.89. The molecule has 0 amide bonds. The van der Waals surface area contributed by atoms with Crippen LogP contribution >= 0.6 is 24.8 Å². The van der Waals surface area contributed by atoms with E-state index in [-0.39, 0.29) is 24.8 Å². The second-order valence-corrected chi connectivity index (χ2v) is 5.89. The van der Waals surface area contributed by atoms with Gasteiger partial charge in [0, 0.05) is 44.4 Å². The number of hydrogen-bond acceptors (Lipinski definition) is 4. The van der Waals surface area contributed by atoms with E-state index in [1.54, 1.807) is 0 Å². The molecule has 23 heavy (non-hydrogen) atoms. The highest BCUT2D eigenvalue weighted by molar-refractivity contribution is 5.85. The van der Waals surface area contributed by atoms with Gasteiger partial charge < -0.3 is 15.2 Å². The number of halogens is 2. The number of fused-ring (bicyclic) bond motifs is 1. The molecule has 2 aromatic rings. The van der Waals surface area contributed by atoms with Crippen LogP contribution in [0.15, 0.2) is 18.3 Å². The fourth-order valence-electron chi connectivity index (χ4n) is 3.19. The standard InChI is InChI=1S/C16H21N5.2ClH/c1-2-8-21(9-3-1)15-5-4-12(10-18-15)16-19-13-6-7-17-11-14(13)20-16;;/h4-5,10,17H,1-3,6-9,11H2,(H,19,20);2*1H. The molecule has 0 saturated carbocycles. The van der Waals surface area contributed by atoms with Crippen LogP contribution < -0.4 is 10.2 Å². The molecule has 0 aromatic carbocycles. The van der Waals surface area contributed by atoms with Crippen LogP contribution in [0.5, 0.6) is 0 Å². The Morgan fingerprint density at radius 2 is 1.87 bits per heavy atom. The van der Waals surface area contributed by atoms with Gasteiger partial charge in [0.1, 0.15) is 11.6 Å². The van der Waals surface area contributed by atoms with E-state index in [9.17, 15) is 0 Å². The Morgan fingerprint density at radius 1 is 1.04 bits per heavy atom. The van der Waals surface area contributed by atoms with Gasteiger partial charge in [-0.2, -0.15) is 0 Å². The van der Waals surface area contributed by atoms with Crippen molar-refractivity contribution in [2.75, 3.05) is 24.5 Å². The molecular formula is C16H23Cl2N5. The van der Waals surface area contributed by atoms with Crippen LogP contribution in [0.25, 0.3) is 11.4 Å². The Labute approximate surface area is 149 Å². The highest BCUT2D eigenvalue weighted by atomic mass is 35.5. The molecule has 2 aromatic heterocycles. The topological polar surface area (TPSA) is 56.8 Å². The van der Waals surface area contributed by atoms with Crippen molar-refractivity contribution in [3.63, 3.8) is 0 Å². The molecule has 1 saturated heterocycles. The summed E-state index contributed by atoms with van der Waals surface area (Å²) in [5, 5.41) is 3.36. The molecule has 0 atom stereocenters. The zero-order valence-electron chi connectivity index (χ0n) is 13.0. The number of rotatable bonds is 2. The molecule has 126 valence electrons. The highest BCUT2D eigenvalue weighted by Gasteiger charge is 2.16. The van der Waals surface area contributed by atoms with Crippen molar-refractivity contribution in [2.24, 2.45) is 0 Å². The van der Waals surface area contributed by atoms with E-state index in [0.29, 0.717) is 0 Å². The lowest BCUT2D eigenvalue weighted by Crippen LogP contribution is -2.29. The third kappa shape index (κ3) is 3.79. The average Bonchev–Trinajstić information content (AvgIpc) is 3.00. The normalized spacial score (nSPS) is 17.0. The summed E-state index contributed by atoms with van der Waals surface area (Å²) in [5.74, 6) is 2.04. The molecule has 0 radical (unpaired) electrons. The van der Waals surface area contributed by atoms with Crippen LogP contribution in [0.2, 0.25) is 0 Å². The number of piperidine rings is 1. The zero-order valence-corrected chi connectivity index (χ0v) is 14.7. The molecule has 2 N–H and O–H groups in total. The summed E-state index contributed by atoms with van der Waals surface area (Å²) in [6.07, 6.45) is 6.86. The zero-order chi connectivity index (χ0) is 14.1. The number of imidazole rings is 1. The SMILES string of the molecule is Cl.Cl.c1cc(N2CCCCC2)ncc1-c1nc2c([nH]1)CNCC2. The molecule has 0 aliphatic carbocycles. The minimum atomic E-state index is 0. The number of H-pyrrole nitrogens is 1. The largest absolute Gasteiger partial charge is 0.357 e. The van der Waals surface area contributed by atoms with Gasteiger partial charge in [0.05, 0.1) is 11.4 Å². The van der Waals surface area contributed by atoms with E-state index in [1.165, 1.54) is 30.7 Å². The lowest BCUT2D eigenvalue weighted by atomic mass is 10.1. The third-order valence-electron chi connectivity index (χ3n) is 4.41. The molecule has 4 rings (SSSR count). The summed E-state index contributed by atoms with van der Waals surface area (Å²) in [6, 6.07) is 4.26. The van der Waals surface area contributed by atoms with Crippen LogP contribution in [-0.2, 0) is 13.0 Å². The Bertz CT molecular complexity index is 596. The Hall–Kier alpha value is -1.30. The van der Waals surface area contributed by atoms with E-state index < -0.39 is 0 Å². The Balaban J connectivity index is 0.000000960. The highest BCUT2D eigenvalue weighted by Crippen LogP contribution is 2.23. The van der Waals surface area contributed by atoms with Gasteiger partial charge in [-0.15, -0.1) is 24.8 Å². The van der Waals surface area contributed by atoms with Crippen molar-refractivity contribution in [2.45, 2.75) is 32.2 Å².